The van der Waals surface area contributed by atoms with Crippen LogP contribution in [0.2, 0.25) is 0 Å². The molecule has 11 rings (SSSR count). The van der Waals surface area contributed by atoms with Crippen molar-refractivity contribution in [1.29, 1.82) is 0 Å². The number of aliphatic hydroxyl groups is 1. The van der Waals surface area contributed by atoms with Crippen molar-refractivity contribution in [3.63, 3.8) is 0 Å². The van der Waals surface area contributed by atoms with E-state index in [1.807, 2.05) is 70.3 Å². The summed E-state index contributed by atoms with van der Waals surface area (Å²) in [7, 11) is 0. The van der Waals surface area contributed by atoms with Gasteiger partial charge in [-0.1, -0.05) is 32.0 Å². The Morgan fingerprint density at radius 2 is 1.65 bits per heavy atom. The van der Waals surface area contributed by atoms with Crippen LogP contribution in [0.1, 0.15) is 94.7 Å². The number of phenols is 1. The molecule has 22 heteroatoms. The van der Waals surface area contributed by atoms with Gasteiger partial charge in [0.2, 0.25) is 17.7 Å². The van der Waals surface area contributed by atoms with Gasteiger partial charge in [-0.05, 0) is 86.5 Å². The van der Waals surface area contributed by atoms with Crippen LogP contribution in [0.25, 0.3) is 21.8 Å². The number of likely N-dealkylation sites (tertiary alicyclic amines) is 2. The highest BCUT2D eigenvalue weighted by atomic mass is 32.1. The number of nitrogens with one attached hydrogen (secondary N) is 1. The van der Waals surface area contributed by atoms with Gasteiger partial charge in [-0.25, -0.2) is 9.97 Å². The van der Waals surface area contributed by atoms with Crippen molar-refractivity contribution in [1.82, 2.24) is 45.4 Å². The van der Waals surface area contributed by atoms with Crippen LogP contribution in [0.3, 0.4) is 0 Å². The maximum absolute atomic E-state index is 14.2. The van der Waals surface area contributed by atoms with Crippen LogP contribution in [-0.4, -0.2) is 150 Å². The number of fused-ring (bicyclic) bond motifs is 2. The maximum Gasteiger partial charge on any atom is 0.260 e. The molecule has 5 fully saturated rings. The minimum absolute atomic E-state index is 0.00467. The molecule has 4 saturated heterocycles. The van der Waals surface area contributed by atoms with Gasteiger partial charge in [0, 0.05) is 99.8 Å². The average molecular weight is 1080 g/mol. The van der Waals surface area contributed by atoms with Crippen LogP contribution < -0.4 is 30.3 Å². The second kappa shape index (κ2) is 22.5. The zero-order chi connectivity index (χ0) is 54.2. The Kier molecular flexibility index (Phi) is 15.2. The first-order valence-corrected chi connectivity index (χ1v) is 27.9. The minimum Gasteiger partial charge on any atom is -0.507 e. The molecule has 1 aromatic carbocycles. The summed E-state index contributed by atoms with van der Waals surface area (Å²) in [5.41, 5.74) is 13.8. The average Bonchev–Trinajstić information content (AvgIpc) is 4.31. The van der Waals surface area contributed by atoms with Gasteiger partial charge in [-0.3, -0.25) is 19.4 Å². The van der Waals surface area contributed by atoms with Crippen molar-refractivity contribution < 1.29 is 43.3 Å². The van der Waals surface area contributed by atoms with Gasteiger partial charge in [-0.15, -0.1) is 21.5 Å². The predicted molar refractivity (Wildman–Crippen MR) is 290 cm³/mol. The monoisotopic (exact) mass is 1080 g/mol. The molecule has 0 spiro atoms. The number of aromatic nitrogens is 6. The number of para-hydroxylation sites is 1. The Balaban J connectivity index is 0.611. The number of nitrogens with two attached hydrogens (primary N) is 1. The molecule has 2 bridgehead atoms. The molecule has 78 heavy (non-hydrogen) atoms. The number of hydrogen-bond donors (Lipinski definition) is 4. The molecule has 21 nitrogen and oxygen atoms in total. The van der Waals surface area contributed by atoms with E-state index in [-0.39, 0.29) is 91.0 Å². The number of phenolic OH excluding ortho intramolecular Hbond substituents is 1. The maximum atomic E-state index is 14.2. The van der Waals surface area contributed by atoms with Crippen molar-refractivity contribution in [2.24, 2.45) is 5.92 Å². The topological polar surface area (TPSA) is 261 Å². The standard InChI is InChI=1S/C56H66N12O9S/c1-31(2)52(56(73)67-28-38(69)20-46(67)55(72)61-32(3)34-9-12-43(59-25-34)53-33(4)60-30-78-53)48-24-50(64-77-48)74-29-51(71)65-17-14-39(15-18-65)75-40-21-41(22-40)76-49-19-35(13-16-58-49)68-36-10-11-37(68)27-66(26-36)45-23-44(62-63-54(45)57)42-7-5-6-8-47(42)70/h5-9,12-13,16,19,23-25,30-32,36-41,46,52,69-70H,10-11,14-15,17-18,20-22,26-29H2,1-4H3,(H2,57,63)(H,61,72)/t32-,36?,37?,38+,40-,41-,46-,52+/m0/s1. The van der Waals surface area contributed by atoms with Gasteiger partial charge < -0.3 is 59.6 Å². The lowest BCUT2D eigenvalue weighted by Gasteiger charge is -2.43. The zero-order valence-corrected chi connectivity index (χ0v) is 45.0. The number of hydrogen-bond acceptors (Lipinski definition) is 19. The van der Waals surface area contributed by atoms with Gasteiger partial charge >= 0.3 is 0 Å². The normalized spacial score (nSPS) is 23.1. The quantitative estimate of drug-likeness (QED) is 0.0807. The highest BCUT2D eigenvalue weighted by molar-refractivity contribution is 7.13. The lowest BCUT2D eigenvalue weighted by atomic mass is 9.91. The summed E-state index contributed by atoms with van der Waals surface area (Å²) in [6.07, 6.45) is 7.84. The molecule has 0 radical (unpaired) electrons. The second-order valence-electron chi connectivity index (χ2n) is 21.6. The first-order chi connectivity index (χ1) is 37.7. The summed E-state index contributed by atoms with van der Waals surface area (Å²) >= 11 is 1.52. The number of nitrogen functional groups attached to an aromatic ring is 1. The number of carbonyl (C=O) groups is 3. The van der Waals surface area contributed by atoms with Gasteiger partial charge in [-0.2, -0.15) is 0 Å². The molecule has 1 saturated carbocycles. The van der Waals surface area contributed by atoms with Gasteiger partial charge in [0.05, 0.1) is 57.5 Å². The van der Waals surface area contributed by atoms with Crippen LogP contribution >= 0.6 is 11.3 Å². The third-order valence-corrected chi connectivity index (χ3v) is 16.9. The minimum atomic E-state index is -0.898. The molecular formula is C56H66N12O9S. The van der Waals surface area contributed by atoms with E-state index >= 15 is 0 Å². The van der Waals surface area contributed by atoms with Gasteiger partial charge in [0.15, 0.2) is 18.2 Å². The van der Waals surface area contributed by atoms with Gasteiger partial charge in [0.1, 0.15) is 23.8 Å². The summed E-state index contributed by atoms with van der Waals surface area (Å²) in [6.45, 7) is 9.86. The number of piperidine rings is 1. The number of pyridine rings is 2. The van der Waals surface area contributed by atoms with E-state index in [1.165, 1.54) is 22.3 Å². The third-order valence-electron chi connectivity index (χ3n) is 15.9. The zero-order valence-electron chi connectivity index (χ0n) is 44.2. The van der Waals surface area contributed by atoms with E-state index < -0.39 is 24.1 Å². The van der Waals surface area contributed by atoms with E-state index in [0.717, 1.165) is 72.0 Å². The number of aliphatic hydroxyl groups excluding tert-OH is 1. The van der Waals surface area contributed by atoms with Crippen molar-refractivity contribution in [2.75, 3.05) is 54.9 Å². The number of carbonyl (C=O) groups excluding carboxylic acids is 3. The number of nitrogens with zero attached hydrogens (tertiary/aromatic N) is 10. The van der Waals surface area contributed by atoms with E-state index in [9.17, 15) is 24.6 Å². The number of rotatable bonds is 17. The van der Waals surface area contributed by atoms with Crippen LogP contribution in [-0.2, 0) is 19.1 Å². The number of anilines is 3. The summed E-state index contributed by atoms with van der Waals surface area (Å²) in [4.78, 5) is 63.7. The molecule has 410 valence electrons. The molecule has 9 heterocycles. The number of aryl methyl sites for hydroxylation is 1. The lowest BCUT2D eigenvalue weighted by Crippen LogP contribution is -2.54. The fourth-order valence-corrected chi connectivity index (χ4v) is 12.5. The van der Waals surface area contributed by atoms with Crippen molar-refractivity contribution in [3.8, 4) is 39.3 Å². The Hall–Kier alpha value is -7.43. The fourth-order valence-electron chi connectivity index (χ4n) is 11.7. The van der Waals surface area contributed by atoms with E-state index in [4.69, 9.17) is 24.5 Å². The summed E-state index contributed by atoms with van der Waals surface area (Å²) in [6, 6.07) is 17.7. The fraction of sp³-hybridized carbons (Fsp3) is 0.482. The summed E-state index contributed by atoms with van der Waals surface area (Å²) in [5.74, 6) is -0.601. The molecular weight excluding hydrogens is 1020 g/mol. The molecule has 1 aliphatic carbocycles. The van der Waals surface area contributed by atoms with E-state index in [2.05, 4.69) is 51.5 Å². The van der Waals surface area contributed by atoms with Crippen molar-refractivity contribution in [3.05, 3.63) is 95.6 Å². The number of aromatic hydroxyl groups is 1. The van der Waals surface area contributed by atoms with Crippen LogP contribution in [0, 0.1) is 12.8 Å². The SMILES string of the molecule is Cc1ncsc1-c1ccc([C@H](C)NC(=O)[C@@H]2C[C@@H](O)CN2C(=O)[C@@H](c2cc(OCC(=O)N3CCC(O[C@H]4C[C@H](Oc5cc(N6C7CCC6CN(c6cc(-c8ccccc8O)nnc6N)C7)ccn5)C4)CC3)no2)C(C)C)cn1. The lowest BCUT2D eigenvalue weighted by molar-refractivity contribution is -0.141. The first-order valence-electron chi connectivity index (χ1n) is 27.0. The van der Waals surface area contributed by atoms with Crippen molar-refractivity contribution >= 4 is 46.3 Å². The Bertz CT molecular complexity index is 3090. The Morgan fingerprint density at radius 1 is 0.872 bits per heavy atom. The molecule has 5 N–H and O–H groups in total. The molecule has 6 atom stereocenters. The first kappa shape index (κ1) is 52.6. The highest BCUT2D eigenvalue weighted by Gasteiger charge is 2.45. The predicted octanol–water partition coefficient (Wildman–Crippen LogP) is 6.07. The summed E-state index contributed by atoms with van der Waals surface area (Å²) < 4.78 is 24.3. The van der Waals surface area contributed by atoms with Crippen LogP contribution in [0.15, 0.2) is 83.1 Å². The second-order valence-corrected chi connectivity index (χ2v) is 22.4. The number of amides is 3. The summed E-state index contributed by atoms with van der Waals surface area (Å²) in [5, 5.41) is 36.8. The Labute approximate surface area is 456 Å². The largest absolute Gasteiger partial charge is 0.507 e. The molecule has 2 unspecified atom stereocenters. The molecule has 5 aliphatic rings. The van der Waals surface area contributed by atoms with Crippen LogP contribution in [0.5, 0.6) is 17.5 Å². The molecule has 5 aromatic heterocycles. The van der Waals surface area contributed by atoms with Gasteiger partial charge in [0.25, 0.3) is 11.8 Å². The number of β-amino-alcohol motifs (C(OH)–C–C–N with tert-alkyl or cyclic N) is 1. The number of ether oxygens (including phenoxy) is 3. The number of benzene rings is 1. The van der Waals surface area contributed by atoms with Crippen LogP contribution in [0.4, 0.5) is 17.2 Å². The molecule has 6 aromatic rings. The number of thiazole rings is 1. The molecule has 4 aliphatic heterocycles. The number of piperazine rings is 1. The molecule has 3 amide bonds. The third kappa shape index (κ3) is 11.1. The van der Waals surface area contributed by atoms with E-state index in [0.29, 0.717) is 48.9 Å². The Morgan fingerprint density at radius 3 is 2.37 bits per heavy atom. The highest BCUT2D eigenvalue weighted by Crippen LogP contribution is 2.41. The smallest absolute Gasteiger partial charge is 0.260 e. The van der Waals surface area contributed by atoms with Crippen molar-refractivity contribution in [2.45, 2.75) is 127 Å². The van der Waals surface area contributed by atoms with E-state index in [1.54, 1.807) is 28.7 Å².